The summed E-state index contributed by atoms with van der Waals surface area (Å²) in [6.45, 7) is 7.84. The molecule has 6 heteroatoms. The predicted molar refractivity (Wildman–Crippen MR) is 117 cm³/mol. The van der Waals surface area contributed by atoms with Crippen molar-refractivity contribution in [3.8, 4) is 0 Å². The van der Waals surface area contributed by atoms with E-state index in [1.807, 2.05) is 30.8 Å². The van der Waals surface area contributed by atoms with E-state index < -0.39 is 0 Å². The summed E-state index contributed by atoms with van der Waals surface area (Å²) in [4.78, 5) is 18.3. The average molecular weight is 403 g/mol. The molecule has 3 rings (SSSR count). The van der Waals surface area contributed by atoms with Gasteiger partial charge >= 0.3 is 0 Å². The zero-order valence-electron chi connectivity index (χ0n) is 15.2. The molecule has 3 nitrogen and oxygen atoms in total. The number of hydrogen-bond donors (Lipinski definition) is 0. The third-order valence-electron chi connectivity index (χ3n) is 4.31. The van der Waals surface area contributed by atoms with Crippen LogP contribution in [0.1, 0.15) is 27.2 Å². The quantitative estimate of drug-likeness (QED) is 0.474. The van der Waals surface area contributed by atoms with Gasteiger partial charge in [-0.15, -0.1) is 0 Å². The maximum atomic E-state index is 12.3. The Morgan fingerprint density at radius 1 is 1.12 bits per heavy atom. The van der Waals surface area contributed by atoms with Crippen LogP contribution in [0.4, 0.5) is 5.69 Å². The molecule has 1 fully saturated rings. The van der Waals surface area contributed by atoms with Crippen molar-refractivity contribution in [2.75, 3.05) is 18.0 Å². The van der Waals surface area contributed by atoms with Crippen molar-refractivity contribution in [1.29, 1.82) is 0 Å². The highest BCUT2D eigenvalue weighted by atomic mass is 32.2. The number of para-hydroxylation sites is 1. The minimum Gasteiger partial charge on any atom is -0.335 e. The Kier molecular flexibility index (Phi) is 6.27. The maximum Gasteiger partial charge on any atom is 0.266 e. The molecule has 0 atom stereocenters. The number of fused-ring (bicyclic) bond motifs is 1. The van der Waals surface area contributed by atoms with Crippen LogP contribution in [0.2, 0.25) is 0 Å². The van der Waals surface area contributed by atoms with Crippen molar-refractivity contribution in [1.82, 2.24) is 4.90 Å². The molecule has 0 saturated carbocycles. The third kappa shape index (κ3) is 3.63. The fraction of sp³-hybridized carbons (Fsp3) is 0.300. The van der Waals surface area contributed by atoms with Crippen molar-refractivity contribution in [3.05, 3.63) is 58.0 Å². The summed E-state index contributed by atoms with van der Waals surface area (Å²) in [6, 6.07) is 8.51. The minimum atomic E-state index is 0.00989. The molecule has 0 N–H and O–H groups in total. The van der Waals surface area contributed by atoms with Gasteiger partial charge in [-0.1, -0.05) is 67.0 Å². The number of hydrogen-bond acceptors (Lipinski definition) is 5. The van der Waals surface area contributed by atoms with E-state index in [1.165, 1.54) is 32.9 Å². The lowest BCUT2D eigenvalue weighted by atomic mass is 10.2. The highest BCUT2D eigenvalue weighted by Crippen LogP contribution is 2.47. The van der Waals surface area contributed by atoms with E-state index >= 15 is 0 Å². The van der Waals surface area contributed by atoms with E-state index in [0.29, 0.717) is 15.8 Å². The zero-order chi connectivity index (χ0) is 18.7. The lowest BCUT2D eigenvalue weighted by Crippen LogP contribution is -2.27. The van der Waals surface area contributed by atoms with Crippen LogP contribution in [0, 0.1) is 0 Å². The van der Waals surface area contributed by atoms with E-state index in [9.17, 15) is 4.79 Å². The van der Waals surface area contributed by atoms with Gasteiger partial charge in [-0.2, -0.15) is 0 Å². The van der Waals surface area contributed by atoms with Gasteiger partial charge in [-0.05, 0) is 44.1 Å². The molecule has 1 aromatic rings. The molecule has 2 aliphatic heterocycles. The highest BCUT2D eigenvalue weighted by molar-refractivity contribution is 8.26. The third-order valence-corrected chi connectivity index (χ3v) is 6.95. The second-order valence-corrected chi connectivity index (χ2v) is 8.51. The number of nitrogens with zero attached hydrogens (tertiary/aromatic N) is 2. The fourth-order valence-corrected chi connectivity index (χ4v) is 5.62. The van der Waals surface area contributed by atoms with Crippen LogP contribution in [-0.2, 0) is 4.79 Å². The van der Waals surface area contributed by atoms with E-state index in [1.54, 1.807) is 4.90 Å². The van der Waals surface area contributed by atoms with Crippen LogP contribution in [-0.4, -0.2) is 28.2 Å². The summed E-state index contributed by atoms with van der Waals surface area (Å²) >= 11 is 8.46. The maximum absolute atomic E-state index is 12.3. The standard InChI is InChI=1S/C20H22N2OS3/c1-4-14(10-9-13-17-18(23)22(6-3)20(24)26-17)19-21(5-2)15-11-7-8-12-16(15)25-19/h7-13H,4-6H2,1-3H3/b10-9+,17-13+,19-14+. The monoisotopic (exact) mass is 402 g/mol. The SMILES string of the molecule is CCC(/C=C/C=C1/SC(=S)N(CC)C1=O)=C1\Sc2ccccc2N1CC. The van der Waals surface area contributed by atoms with Crippen LogP contribution in [0.25, 0.3) is 0 Å². The molecule has 0 radical (unpaired) electrons. The summed E-state index contributed by atoms with van der Waals surface area (Å²) in [5.74, 6) is 0.00989. The highest BCUT2D eigenvalue weighted by Gasteiger charge is 2.30. The number of amides is 1. The van der Waals surface area contributed by atoms with Crippen LogP contribution in [0.5, 0.6) is 0 Å². The van der Waals surface area contributed by atoms with Gasteiger partial charge in [-0.25, -0.2) is 0 Å². The topological polar surface area (TPSA) is 23.6 Å². The first-order valence-corrected chi connectivity index (χ1v) is 10.8. The molecule has 0 aromatic heterocycles. The van der Waals surface area contributed by atoms with Crippen LogP contribution in [0.3, 0.4) is 0 Å². The molecular weight excluding hydrogens is 380 g/mol. The number of carbonyl (C=O) groups is 1. The lowest BCUT2D eigenvalue weighted by molar-refractivity contribution is -0.122. The number of carbonyl (C=O) groups excluding carboxylic acids is 1. The first-order chi connectivity index (χ1) is 12.6. The molecule has 136 valence electrons. The van der Waals surface area contributed by atoms with Gasteiger partial charge in [0.2, 0.25) is 0 Å². The van der Waals surface area contributed by atoms with E-state index in [0.717, 1.165) is 13.0 Å². The van der Waals surface area contributed by atoms with E-state index in [4.69, 9.17) is 12.2 Å². The van der Waals surface area contributed by atoms with Gasteiger partial charge in [0.15, 0.2) is 0 Å². The van der Waals surface area contributed by atoms with Crippen LogP contribution in [0.15, 0.2) is 62.9 Å². The Morgan fingerprint density at radius 3 is 2.50 bits per heavy atom. The molecule has 2 heterocycles. The van der Waals surface area contributed by atoms with Crippen molar-refractivity contribution in [2.45, 2.75) is 32.1 Å². The summed E-state index contributed by atoms with van der Waals surface area (Å²) < 4.78 is 0.644. The molecule has 2 aliphatic rings. The predicted octanol–water partition coefficient (Wildman–Crippen LogP) is 5.56. The van der Waals surface area contributed by atoms with Gasteiger partial charge in [-0.3, -0.25) is 9.69 Å². The number of likely N-dealkylation sites (N-methyl/N-ethyl adjacent to an activating group) is 1. The number of thioether (sulfide) groups is 2. The Morgan fingerprint density at radius 2 is 1.85 bits per heavy atom. The summed E-state index contributed by atoms with van der Waals surface area (Å²) in [6.07, 6.45) is 6.92. The van der Waals surface area contributed by atoms with Gasteiger partial charge in [0.05, 0.1) is 15.6 Å². The minimum absolute atomic E-state index is 0.00989. The first kappa shape index (κ1) is 19.3. The molecule has 1 amide bonds. The molecule has 26 heavy (non-hydrogen) atoms. The van der Waals surface area contributed by atoms with Crippen LogP contribution < -0.4 is 4.90 Å². The summed E-state index contributed by atoms with van der Waals surface area (Å²) in [5, 5.41) is 1.28. The van der Waals surface area contributed by atoms with Crippen molar-refractivity contribution >= 4 is 51.7 Å². The molecule has 1 saturated heterocycles. The Balaban J connectivity index is 1.85. The first-order valence-electron chi connectivity index (χ1n) is 8.80. The number of anilines is 1. The molecule has 0 unspecified atom stereocenters. The Hall–Kier alpha value is -1.50. The number of thiocarbonyl (C=S) groups is 1. The fourth-order valence-electron chi connectivity index (χ4n) is 2.97. The summed E-state index contributed by atoms with van der Waals surface area (Å²) in [5.41, 5.74) is 2.55. The van der Waals surface area contributed by atoms with Gasteiger partial charge in [0, 0.05) is 18.0 Å². The van der Waals surface area contributed by atoms with Gasteiger partial charge < -0.3 is 4.90 Å². The lowest BCUT2D eigenvalue weighted by Gasteiger charge is -2.20. The zero-order valence-corrected chi connectivity index (χ0v) is 17.6. The van der Waals surface area contributed by atoms with Gasteiger partial charge in [0.25, 0.3) is 5.91 Å². The van der Waals surface area contributed by atoms with Crippen molar-refractivity contribution < 1.29 is 4.79 Å². The van der Waals surface area contributed by atoms with Gasteiger partial charge in [0.1, 0.15) is 4.32 Å². The molecule has 0 spiro atoms. The molecular formula is C20H22N2OS3. The second-order valence-electron chi connectivity index (χ2n) is 5.81. The average Bonchev–Trinajstić information content (AvgIpc) is 3.15. The normalized spacial score (nSPS) is 20.7. The largest absolute Gasteiger partial charge is 0.335 e. The Bertz CT molecular complexity index is 826. The smallest absolute Gasteiger partial charge is 0.266 e. The summed E-state index contributed by atoms with van der Waals surface area (Å²) in [7, 11) is 0. The van der Waals surface area contributed by atoms with Crippen LogP contribution >= 0.6 is 35.7 Å². The Labute approximate surface area is 169 Å². The second kappa shape index (κ2) is 8.46. The van der Waals surface area contributed by atoms with E-state index in [2.05, 4.69) is 49.1 Å². The number of allylic oxidation sites excluding steroid dienone is 4. The molecule has 0 bridgehead atoms. The number of benzene rings is 1. The van der Waals surface area contributed by atoms with Crippen molar-refractivity contribution in [2.24, 2.45) is 0 Å². The van der Waals surface area contributed by atoms with E-state index in [-0.39, 0.29) is 5.91 Å². The molecule has 1 aromatic carbocycles. The molecule has 0 aliphatic carbocycles. The van der Waals surface area contributed by atoms with Crippen molar-refractivity contribution in [3.63, 3.8) is 0 Å². The number of rotatable bonds is 5.